The van der Waals surface area contributed by atoms with Gasteiger partial charge in [0, 0.05) is 53.5 Å². The number of aromatic nitrogens is 1. The maximum Gasteiger partial charge on any atom is 0.322 e. The van der Waals surface area contributed by atoms with Crippen LogP contribution in [0.25, 0.3) is 10.8 Å². The molecule has 1 aliphatic heterocycles. The van der Waals surface area contributed by atoms with Crippen LogP contribution in [-0.2, 0) is 0 Å². The number of aliphatic imine (C=N–C) groups is 1. The Bertz CT molecular complexity index is 1460. The van der Waals surface area contributed by atoms with Crippen molar-refractivity contribution in [3.8, 4) is 6.19 Å². The number of carbonyl (C=O) groups is 1. The summed E-state index contributed by atoms with van der Waals surface area (Å²) in [7, 11) is 0. The summed E-state index contributed by atoms with van der Waals surface area (Å²) in [5.41, 5.74) is 2.39. The highest BCUT2D eigenvalue weighted by atomic mass is 35.5. The van der Waals surface area contributed by atoms with E-state index in [0.29, 0.717) is 36.3 Å². The van der Waals surface area contributed by atoms with Crippen LogP contribution in [0.2, 0.25) is 5.02 Å². The lowest BCUT2D eigenvalue weighted by atomic mass is 10.0. The summed E-state index contributed by atoms with van der Waals surface area (Å²) in [5, 5.41) is 17.7. The van der Waals surface area contributed by atoms with E-state index in [-0.39, 0.29) is 12.1 Å². The third kappa shape index (κ3) is 5.47. The predicted molar refractivity (Wildman–Crippen MR) is 146 cm³/mol. The molecular formula is C28H24ClN7O. The third-order valence-corrected chi connectivity index (χ3v) is 6.52. The van der Waals surface area contributed by atoms with Crippen molar-refractivity contribution in [3.63, 3.8) is 0 Å². The number of nitrogens with zero attached hydrogens (tertiary/aromatic N) is 5. The van der Waals surface area contributed by atoms with Crippen LogP contribution < -0.4 is 10.6 Å². The molecule has 8 nitrogen and oxygen atoms in total. The first-order chi connectivity index (χ1) is 18.1. The van der Waals surface area contributed by atoms with Gasteiger partial charge in [-0.1, -0.05) is 54.1 Å². The van der Waals surface area contributed by atoms with Gasteiger partial charge in [0.15, 0.2) is 6.19 Å². The number of nitrogens with one attached hydrogen (secondary N) is 2. The van der Waals surface area contributed by atoms with Gasteiger partial charge < -0.3 is 15.1 Å². The number of rotatable bonds is 3. The lowest BCUT2D eigenvalue weighted by Gasteiger charge is -2.42. The largest absolute Gasteiger partial charge is 0.338 e. The summed E-state index contributed by atoms with van der Waals surface area (Å²) in [6.45, 7) is 1.39. The number of carbonyl (C=O) groups excluding carboxylic acids is 1. The Morgan fingerprint density at radius 1 is 1.03 bits per heavy atom. The van der Waals surface area contributed by atoms with Crippen molar-refractivity contribution in [1.29, 1.82) is 5.26 Å². The molecule has 0 radical (unpaired) electrons. The molecule has 5 rings (SSSR count). The number of hydrogen-bond donors (Lipinski definition) is 2. The van der Waals surface area contributed by atoms with E-state index in [0.717, 1.165) is 22.0 Å². The summed E-state index contributed by atoms with van der Waals surface area (Å²) in [6.07, 6.45) is 5.53. The minimum absolute atomic E-state index is 0.205. The van der Waals surface area contributed by atoms with E-state index in [1.807, 2.05) is 70.6 Å². The number of hydrogen-bond acceptors (Lipinski definition) is 4. The van der Waals surface area contributed by atoms with Crippen molar-refractivity contribution in [1.82, 2.24) is 20.1 Å². The number of fused-ring (bicyclic) bond motifs is 1. The van der Waals surface area contributed by atoms with Gasteiger partial charge in [-0.2, -0.15) is 5.26 Å². The number of halogens is 1. The summed E-state index contributed by atoms with van der Waals surface area (Å²) in [6, 6.07) is 24.1. The number of pyridine rings is 1. The SMILES string of the molecule is N#CNC(=Nc1cccc2cnccc12)N1CCN(C(=O)Nc2ccc(Cl)cc2)C(c2ccccc2)C1. The van der Waals surface area contributed by atoms with E-state index in [4.69, 9.17) is 16.6 Å². The summed E-state index contributed by atoms with van der Waals surface area (Å²) >= 11 is 5.99. The number of anilines is 1. The molecule has 9 heteroatoms. The highest BCUT2D eigenvalue weighted by Crippen LogP contribution is 2.29. The van der Waals surface area contributed by atoms with Crippen LogP contribution in [0.1, 0.15) is 11.6 Å². The van der Waals surface area contributed by atoms with Gasteiger partial charge in [0.2, 0.25) is 5.96 Å². The fraction of sp³-hybridized carbons (Fsp3) is 0.143. The van der Waals surface area contributed by atoms with Gasteiger partial charge in [0.05, 0.1) is 11.7 Å². The standard InChI is InChI=1S/C28H24ClN7O/c29-22-9-11-23(12-10-22)33-28(37)36-16-15-35(18-26(36)20-5-2-1-3-6-20)27(32-19-30)34-25-8-4-7-21-17-31-14-13-24(21)25/h1-14,17,26H,15-16,18H2,(H,32,34)(H,33,37). The molecule has 3 aromatic carbocycles. The first-order valence-electron chi connectivity index (χ1n) is 11.8. The minimum atomic E-state index is -0.260. The normalized spacial score (nSPS) is 15.8. The van der Waals surface area contributed by atoms with Gasteiger partial charge in [-0.15, -0.1) is 0 Å². The summed E-state index contributed by atoms with van der Waals surface area (Å²) < 4.78 is 0. The fourth-order valence-electron chi connectivity index (χ4n) is 4.45. The minimum Gasteiger partial charge on any atom is -0.338 e. The molecule has 37 heavy (non-hydrogen) atoms. The quantitative estimate of drug-likeness (QED) is 0.164. The fourth-order valence-corrected chi connectivity index (χ4v) is 4.58. The topological polar surface area (TPSA) is 96.7 Å². The third-order valence-electron chi connectivity index (χ3n) is 6.27. The van der Waals surface area contributed by atoms with Crippen molar-refractivity contribution < 1.29 is 4.79 Å². The zero-order chi connectivity index (χ0) is 25.6. The first-order valence-corrected chi connectivity index (χ1v) is 12.2. The molecule has 0 saturated carbocycles. The first kappa shape index (κ1) is 24.1. The van der Waals surface area contributed by atoms with Crippen LogP contribution in [-0.4, -0.2) is 46.4 Å². The van der Waals surface area contributed by atoms with Crippen molar-refractivity contribution in [2.24, 2.45) is 4.99 Å². The van der Waals surface area contributed by atoms with Gasteiger partial charge in [-0.3, -0.25) is 10.3 Å². The smallest absolute Gasteiger partial charge is 0.322 e. The average molecular weight is 510 g/mol. The monoisotopic (exact) mass is 509 g/mol. The molecule has 1 unspecified atom stereocenters. The molecular weight excluding hydrogens is 486 g/mol. The van der Waals surface area contributed by atoms with Gasteiger partial charge in [-0.05, 0) is 42.0 Å². The van der Waals surface area contributed by atoms with E-state index in [2.05, 4.69) is 15.6 Å². The number of benzene rings is 3. The van der Waals surface area contributed by atoms with E-state index in [1.165, 1.54) is 0 Å². The highest BCUT2D eigenvalue weighted by molar-refractivity contribution is 6.30. The van der Waals surface area contributed by atoms with Gasteiger partial charge >= 0.3 is 6.03 Å². The molecule has 1 fully saturated rings. The van der Waals surface area contributed by atoms with E-state index in [1.54, 1.807) is 36.7 Å². The molecule has 0 aliphatic carbocycles. The Balaban J connectivity index is 1.44. The Morgan fingerprint density at radius 3 is 2.62 bits per heavy atom. The average Bonchev–Trinajstić information content (AvgIpc) is 2.94. The van der Waals surface area contributed by atoms with Crippen LogP contribution in [0.5, 0.6) is 0 Å². The summed E-state index contributed by atoms with van der Waals surface area (Å²) in [5.74, 6) is 0.436. The van der Waals surface area contributed by atoms with Crippen molar-refractivity contribution >= 4 is 45.7 Å². The Kier molecular flexibility index (Phi) is 7.15. The molecule has 1 aromatic heterocycles. The molecule has 2 N–H and O–H groups in total. The van der Waals surface area contributed by atoms with E-state index >= 15 is 0 Å². The molecule has 1 atom stereocenters. The molecule has 1 aliphatic rings. The van der Waals surface area contributed by atoms with Gasteiger partial charge in [0.25, 0.3) is 0 Å². The van der Waals surface area contributed by atoms with Gasteiger partial charge in [0.1, 0.15) is 0 Å². The molecule has 0 bridgehead atoms. The van der Waals surface area contributed by atoms with Gasteiger partial charge in [-0.25, -0.2) is 9.79 Å². The molecule has 4 aromatic rings. The molecule has 0 spiro atoms. The molecule has 1 saturated heterocycles. The number of urea groups is 1. The second-order valence-electron chi connectivity index (χ2n) is 8.55. The van der Waals surface area contributed by atoms with Crippen LogP contribution in [0.3, 0.4) is 0 Å². The van der Waals surface area contributed by atoms with Crippen LogP contribution in [0, 0.1) is 11.5 Å². The van der Waals surface area contributed by atoms with E-state index in [9.17, 15) is 10.1 Å². The maximum atomic E-state index is 13.3. The number of nitriles is 1. The Hall–Kier alpha value is -4.61. The zero-order valence-electron chi connectivity index (χ0n) is 19.9. The number of guanidine groups is 1. The maximum absolute atomic E-state index is 13.3. The molecule has 2 amide bonds. The lowest BCUT2D eigenvalue weighted by Crippen LogP contribution is -2.55. The predicted octanol–water partition coefficient (Wildman–Crippen LogP) is 5.54. The second-order valence-corrected chi connectivity index (χ2v) is 8.99. The zero-order valence-corrected chi connectivity index (χ0v) is 20.6. The van der Waals surface area contributed by atoms with Crippen molar-refractivity contribution in [3.05, 3.63) is 102 Å². The Morgan fingerprint density at radius 2 is 1.84 bits per heavy atom. The molecule has 184 valence electrons. The lowest BCUT2D eigenvalue weighted by molar-refractivity contribution is 0.135. The number of amides is 2. The second kappa shape index (κ2) is 11.0. The number of piperazine rings is 1. The Labute approximate surface area is 219 Å². The highest BCUT2D eigenvalue weighted by Gasteiger charge is 2.33. The van der Waals surface area contributed by atoms with Crippen LogP contribution in [0.4, 0.5) is 16.2 Å². The summed E-state index contributed by atoms with van der Waals surface area (Å²) in [4.78, 5) is 26.2. The van der Waals surface area contributed by atoms with Crippen LogP contribution >= 0.6 is 11.6 Å². The van der Waals surface area contributed by atoms with Crippen molar-refractivity contribution in [2.75, 3.05) is 25.0 Å². The van der Waals surface area contributed by atoms with Crippen molar-refractivity contribution in [2.45, 2.75) is 6.04 Å². The molecule has 2 heterocycles. The van der Waals surface area contributed by atoms with Crippen LogP contribution in [0.15, 0.2) is 96.2 Å². The van der Waals surface area contributed by atoms with E-state index < -0.39 is 0 Å².